The van der Waals surface area contributed by atoms with E-state index in [1.54, 1.807) is 0 Å². The van der Waals surface area contributed by atoms with Crippen molar-refractivity contribution in [1.29, 1.82) is 0 Å². The van der Waals surface area contributed by atoms with Crippen LogP contribution in [0.25, 0.3) is 11.3 Å². The molecule has 2 aromatic rings. The number of nitrogens with zero attached hydrogens (tertiary/aromatic N) is 1. The summed E-state index contributed by atoms with van der Waals surface area (Å²) >= 11 is 0. The van der Waals surface area contributed by atoms with Gasteiger partial charge in [0.15, 0.2) is 0 Å². The van der Waals surface area contributed by atoms with Crippen LogP contribution >= 0.6 is 0 Å². The first-order chi connectivity index (χ1) is 5.88. The van der Waals surface area contributed by atoms with Crippen molar-refractivity contribution in [3.05, 3.63) is 48.7 Å². The third-order valence-electron chi connectivity index (χ3n) is 1.94. The molecule has 59 valence electrons. The Kier molecular flexibility index (Phi) is 1.71. The second-order valence-corrected chi connectivity index (χ2v) is 2.77. The summed E-state index contributed by atoms with van der Waals surface area (Å²) in [4.78, 5) is 0. The lowest BCUT2D eigenvalue weighted by atomic mass is 10.2. The summed E-state index contributed by atoms with van der Waals surface area (Å²) in [5, 5.41) is 0. The Morgan fingerprint density at radius 1 is 1.08 bits per heavy atom. The van der Waals surface area contributed by atoms with Gasteiger partial charge in [0, 0.05) is 12.7 Å². The number of rotatable bonds is 1. The minimum atomic E-state index is 1.20. The number of benzene rings is 1. The molecule has 0 aliphatic carbocycles. The van der Waals surface area contributed by atoms with Crippen molar-refractivity contribution < 1.29 is 0 Å². The Hall–Kier alpha value is -1.50. The Labute approximate surface area is 72.3 Å². The molecule has 1 heterocycles. The van der Waals surface area contributed by atoms with Crippen LogP contribution in [-0.4, -0.2) is 4.57 Å². The van der Waals surface area contributed by atoms with Crippen LogP contribution in [0.4, 0.5) is 0 Å². The van der Waals surface area contributed by atoms with Crippen LogP contribution in [0.3, 0.4) is 0 Å². The zero-order valence-corrected chi connectivity index (χ0v) is 6.99. The van der Waals surface area contributed by atoms with Crippen LogP contribution in [0.1, 0.15) is 0 Å². The molecule has 12 heavy (non-hydrogen) atoms. The molecule has 0 unspecified atom stereocenters. The minimum absolute atomic E-state index is 1.20. The topological polar surface area (TPSA) is 4.93 Å². The van der Waals surface area contributed by atoms with Gasteiger partial charge in [0.1, 0.15) is 0 Å². The molecule has 1 heteroatoms. The Morgan fingerprint density at radius 2 is 1.83 bits per heavy atom. The largest absolute Gasteiger partial charge is 0.342 e. The van der Waals surface area contributed by atoms with Crippen molar-refractivity contribution >= 4 is 0 Å². The lowest BCUT2D eigenvalue weighted by molar-refractivity contribution is 0.928. The van der Waals surface area contributed by atoms with Gasteiger partial charge in [-0.2, -0.15) is 0 Å². The van der Waals surface area contributed by atoms with Crippen LogP contribution in [0.15, 0.2) is 42.5 Å². The first kappa shape index (κ1) is 7.17. The van der Waals surface area contributed by atoms with E-state index in [-0.39, 0.29) is 0 Å². The summed E-state index contributed by atoms with van der Waals surface area (Å²) in [6.07, 6.45) is 3.08. The highest BCUT2D eigenvalue weighted by molar-refractivity contribution is 5.59. The zero-order valence-electron chi connectivity index (χ0n) is 6.99. The predicted octanol–water partition coefficient (Wildman–Crippen LogP) is 2.49. The molecule has 1 aromatic heterocycles. The molecule has 0 atom stereocenters. The maximum absolute atomic E-state index is 3.08. The molecule has 0 aliphatic heterocycles. The van der Waals surface area contributed by atoms with Gasteiger partial charge in [-0.25, -0.2) is 0 Å². The molecule has 1 radical (unpaired) electrons. The van der Waals surface area contributed by atoms with Gasteiger partial charge in [0.05, 0.1) is 6.20 Å². The number of aromatic nitrogens is 1. The standard InChI is InChI=1S/C11H10N/c1-12-9-5-8-11(12)10-6-3-2-4-7-10/h2-8H,1H3. The average Bonchev–Trinajstić information content (AvgIpc) is 2.53. The highest BCUT2D eigenvalue weighted by Gasteiger charge is 1.98. The molecule has 1 nitrogen and oxygen atoms in total. The molecule has 0 saturated carbocycles. The molecule has 2 rings (SSSR count). The first-order valence-corrected chi connectivity index (χ1v) is 3.97. The van der Waals surface area contributed by atoms with Gasteiger partial charge in [0.25, 0.3) is 0 Å². The number of hydrogen-bond acceptors (Lipinski definition) is 0. The van der Waals surface area contributed by atoms with E-state index in [1.165, 1.54) is 11.3 Å². The summed E-state index contributed by atoms with van der Waals surface area (Å²) in [6, 6.07) is 14.3. The van der Waals surface area contributed by atoms with Crippen LogP contribution in [0.2, 0.25) is 0 Å². The van der Waals surface area contributed by atoms with Gasteiger partial charge in [-0.05, 0) is 17.7 Å². The van der Waals surface area contributed by atoms with Gasteiger partial charge in [-0.3, -0.25) is 0 Å². The third kappa shape index (κ3) is 1.14. The molecule has 0 fully saturated rings. The highest BCUT2D eigenvalue weighted by Crippen LogP contribution is 2.17. The summed E-state index contributed by atoms with van der Waals surface area (Å²) in [5.41, 5.74) is 2.44. The molecular formula is C11H10N. The molecule has 0 saturated heterocycles. The maximum Gasteiger partial charge on any atom is 0.0650 e. The second-order valence-electron chi connectivity index (χ2n) is 2.77. The maximum atomic E-state index is 3.08. The molecule has 1 aromatic carbocycles. The fourth-order valence-corrected chi connectivity index (χ4v) is 1.31. The van der Waals surface area contributed by atoms with E-state index in [0.717, 1.165) is 0 Å². The summed E-state index contributed by atoms with van der Waals surface area (Å²) in [5.74, 6) is 0. The van der Waals surface area contributed by atoms with Crippen molar-refractivity contribution in [1.82, 2.24) is 4.57 Å². The highest BCUT2D eigenvalue weighted by atomic mass is 14.9. The monoisotopic (exact) mass is 156 g/mol. The van der Waals surface area contributed by atoms with Crippen molar-refractivity contribution in [2.45, 2.75) is 0 Å². The summed E-state index contributed by atoms with van der Waals surface area (Å²) in [6.45, 7) is 0. The smallest absolute Gasteiger partial charge is 0.0650 e. The third-order valence-corrected chi connectivity index (χ3v) is 1.94. The van der Waals surface area contributed by atoms with Gasteiger partial charge < -0.3 is 4.57 Å². The summed E-state index contributed by atoms with van der Waals surface area (Å²) in [7, 11) is 2.00. The van der Waals surface area contributed by atoms with E-state index in [1.807, 2.05) is 35.9 Å². The molecule has 0 amide bonds. The fraction of sp³-hybridized carbons (Fsp3) is 0.0909. The summed E-state index contributed by atoms with van der Waals surface area (Å²) < 4.78 is 2.00. The van der Waals surface area contributed by atoms with Gasteiger partial charge in [-0.15, -0.1) is 0 Å². The van der Waals surface area contributed by atoms with E-state index < -0.39 is 0 Å². The fourth-order valence-electron chi connectivity index (χ4n) is 1.31. The van der Waals surface area contributed by atoms with Gasteiger partial charge in [0.2, 0.25) is 0 Å². The number of aryl methyl sites for hydroxylation is 1. The minimum Gasteiger partial charge on any atom is -0.342 e. The van der Waals surface area contributed by atoms with Crippen LogP contribution in [0, 0.1) is 6.20 Å². The van der Waals surface area contributed by atoms with E-state index >= 15 is 0 Å². The number of hydrogen-bond donors (Lipinski definition) is 0. The van der Waals surface area contributed by atoms with Gasteiger partial charge in [-0.1, -0.05) is 30.3 Å². The van der Waals surface area contributed by atoms with Gasteiger partial charge >= 0.3 is 0 Å². The van der Waals surface area contributed by atoms with Crippen molar-refractivity contribution in [2.75, 3.05) is 0 Å². The van der Waals surface area contributed by atoms with Crippen molar-refractivity contribution in [3.63, 3.8) is 0 Å². The van der Waals surface area contributed by atoms with Crippen molar-refractivity contribution in [3.8, 4) is 11.3 Å². The van der Waals surface area contributed by atoms with E-state index in [4.69, 9.17) is 0 Å². The molecule has 0 spiro atoms. The lowest BCUT2D eigenvalue weighted by Gasteiger charge is -2.01. The Morgan fingerprint density at radius 3 is 2.42 bits per heavy atom. The van der Waals surface area contributed by atoms with Crippen molar-refractivity contribution in [2.24, 2.45) is 7.05 Å². The average molecular weight is 156 g/mol. The second kappa shape index (κ2) is 2.86. The lowest BCUT2D eigenvalue weighted by Crippen LogP contribution is -1.88. The molecule has 0 aliphatic rings. The molecular weight excluding hydrogens is 146 g/mol. The molecule has 0 bridgehead atoms. The Bertz CT molecular complexity index is 360. The Balaban J connectivity index is 2.51. The van der Waals surface area contributed by atoms with E-state index in [9.17, 15) is 0 Å². The normalized spacial score (nSPS) is 10.1. The SMILES string of the molecule is Cn1[c]ccc1-c1ccccc1. The van der Waals surface area contributed by atoms with Crippen LogP contribution in [-0.2, 0) is 7.05 Å². The quantitative estimate of drug-likeness (QED) is 0.597. The van der Waals surface area contributed by atoms with Crippen LogP contribution < -0.4 is 0 Å². The zero-order chi connectivity index (χ0) is 8.39. The van der Waals surface area contributed by atoms with E-state index in [2.05, 4.69) is 24.4 Å². The molecule has 0 N–H and O–H groups in total. The first-order valence-electron chi connectivity index (χ1n) is 3.97. The van der Waals surface area contributed by atoms with E-state index in [0.29, 0.717) is 0 Å². The van der Waals surface area contributed by atoms with Crippen LogP contribution in [0.5, 0.6) is 0 Å². The predicted molar refractivity (Wildman–Crippen MR) is 49.7 cm³/mol.